The Morgan fingerprint density at radius 3 is 2.23 bits per heavy atom. The minimum absolute atomic E-state index is 0.00587. The van der Waals surface area contributed by atoms with Crippen LogP contribution < -0.4 is 9.62 Å². The minimum Gasteiger partial charge on any atom is -0.352 e. The van der Waals surface area contributed by atoms with Gasteiger partial charge in [-0.2, -0.15) is 0 Å². The Hall–Kier alpha value is -2.78. The number of benzene rings is 3. The molecular weight excluding hydrogens is 629 g/mol. The van der Waals surface area contributed by atoms with Gasteiger partial charge in [-0.05, 0) is 85.8 Å². The fourth-order valence-electron chi connectivity index (χ4n) is 5.34. The van der Waals surface area contributed by atoms with Crippen molar-refractivity contribution in [3.05, 3.63) is 92.9 Å². The number of anilines is 1. The van der Waals surface area contributed by atoms with Crippen molar-refractivity contribution in [1.82, 2.24) is 10.2 Å². The van der Waals surface area contributed by atoms with E-state index < -0.39 is 28.5 Å². The van der Waals surface area contributed by atoms with Crippen molar-refractivity contribution in [1.29, 1.82) is 0 Å². The number of amides is 2. The van der Waals surface area contributed by atoms with E-state index in [0.29, 0.717) is 32.7 Å². The van der Waals surface area contributed by atoms with Crippen molar-refractivity contribution in [2.45, 2.75) is 75.9 Å². The summed E-state index contributed by atoms with van der Waals surface area (Å²) in [4.78, 5) is 29.3. The van der Waals surface area contributed by atoms with E-state index in [4.69, 9.17) is 34.8 Å². The first-order valence-corrected chi connectivity index (χ1v) is 17.0. The number of hydrogen-bond donors (Lipinski definition) is 1. The van der Waals surface area contributed by atoms with Gasteiger partial charge in [-0.3, -0.25) is 13.9 Å². The minimum atomic E-state index is -4.20. The number of aryl methyl sites for hydroxylation is 1. The lowest BCUT2D eigenvalue weighted by molar-refractivity contribution is -0.140. The lowest BCUT2D eigenvalue weighted by atomic mass is 9.95. The number of carbonyl (C=O) groups is 2. The predicted molar refractivity (Wildman–Crippen MR) is 173 cm³/mol. The largest absolute Gasteiger partial charge is 0.352 e. The Labute approximate surface area is 269 Å². The van der Waals surface area contributed by atoms with Crippen molar-refractivity contribution in [3.8, 4) is 0 Å². The zero-order valence-electron chi connectivity index (χ0n) is 24.2. The molecule has 1 atom stereocenters. The van der Waals surface area contributed by atoms with Gasteiger partial charge in [-0.15, -0.1) is 0 Å². The van der Waals surface area contributed by atoms with Crippen LogP contribution in [0.2, 0.25) is 15.1 Å². The molecule has 1 fully saturated rings. The van der Waals surface area contributed by atoms with Gasteiger partial charge in [0.05, 0.1) is 10.6 Å². The third-order valence-corrected chi connectivity index (χ3v) is 10.3. The molecule has 0 radical (unpaired) electrons. The maximum absolute atomic E-state index is 14.3. The standard InChI is InChI=1S/C32H36Cl3N3O4S/c1-3-30(32(40)36-26-9-5-4-6-10-26)37(20-23-12-13-25(34)19-29(23)35)31(39)21-38(27-11-7-8-22(2)18-27)43(41,42)28-16-14-24(33)15-17-28/h7-8,11-19,26,30H,3-6,9-10,20-21H2,1-2H3,(H,36,40)/t30-/m1/s1. The molecule has 3 aromatic rings. The molecule has 0 aromatic heterocycles. The van der Waals surface area contributed by atoms with Gasteiger partial charge in [0.2, 0.25) is 11.8 Å². The van der Waals surface area contributed by atoms with Crippen LogP contribution in [0.1, 0.15) is 56.6 Å². The van der Waals surface area contributed by atoms with Gasteiger partial charge in [0, 0.05) is 27.7 Å². The molecule has 43 heavy (non-hydrogen) atoms. The number of rotatable bonds is 11. The van der Waals surface area contributed by atoms with Gasteiger partial charge in [-0.25, -0.2) is 8.42 Å². The van der Waals surface area contributed by atoms with Crippen LogP contribution in [0.4, 0.5) is 5.69 Å². The fourth-order valence-corrected chi connectivity index (χ4v) is 7.34. The molecule has 1 aliphatic rings. The lowest BCUT2D eigenvalue weighted by Gasteiger charge is -2.34. The third-order valence-electron chi connectivity index (χ3n) is 7.66. The van der Waals surface area contributed by atoms with Gasteiger partial charge in [0.1, 0.15) is 12.6 Å². The Bertz CT molecular complexity index is 1540. The molecule has 0 spiro atoms. The van der Waals surface area contributed by atoms with E-state index in [1.165, 1.54) is 29.2 Å². The smallest absolute Gasteiger partial charge is 0.264 e. The van der Waals surface area contributed by atoms with E-state index in [-0.39, 0.29) is 23.4 Å². The van der Waals surface area contributed by atoms with Crippen LogP contribution in [0.25, 0.3) is 0 Å². The third kappa shape index (κ3) is 8.44. The highest BCUT2D eigenvalue weighted by Crippen LogP contribution is 2.28. The Morgan fingerprint density at radius 1 is 0.930 bits per heavy atom. The summed E-state index contributed by atoms with van der Waals surface area (Å²) in [7, 11) is -4.20. The quantitative estimate of drug-likeness (QED) is 0.231. The number of nitrogens with one attached hydrogen (secondary N) is 1. The van der Waals surface area contributed by atoms with Gasteiger partial charge in [-0.1, -0.05) is 79.2 Å². The van der Waals surface area contributed by atoms with Gasteiger partial charge in [0.15, 0.2) is 0 Å². The van der Waals surface area contributed by atoms with E-state index in [0.717, 1.165) is 42.0 Å². The van der Waals surface area contributed by atoms with Crippen LogP contribution in [0.15, 0.2) is 71.6 Å². The van der Waals surface area contributed by atoms with E-state index in [2.05, 4.69) is 5.32 Å². The highest BCUT2D eigenvalue weighted by molar-refractivity contribution is 7.92. The van der Waals surface area contributed by atoms with E-state index in [1.54, 1.807) is 36.4 Å². The normalized spacial score (nSPS) is 14.6. The first-order chi connectivity index (χ1) is 20.5. The fraction of sp³-hybridized carbons (Fsp3) is 0.375. The van der Waals surface area contributed by atoms with Crippen LogP contribution >= 0.6 is 34.8 Å². The first-order valence-electron chi connectivity index (χ1n) is 14.4. The topological polar surface area (TPSA) is 86.8 Å². The number of hydrogen-bond acceptors (Lipinski definition) is 4. The van der Waals surface area contributed by atoms with Crippen LogP contribution in [0.5, 0.6) is 0 Å². The summed E-state index contributed by atoms with van der Waals surface area (Å²) in [5, 5.41) is 4.31. The second kappa shape index (κ2) is 14.8. The molecule has 0 bridgehead atoms. The first kappa shape index (κ1) is 33.1. The van der Waals surface area contributed by atoms with E-state index in [1.807, 2.05) is 19.9 Å². The average Bonchev–Trinajstić information content (AvgIpc) is 2.97. The van der Waals surface area contributed by atoms with Crippen LogP contribution in [0, 0.1) is 6.92 Å². The van der Waals surface area contributed by atoms with Gasteiger partial charge >= 0.3 is 0 Å². The zero-order valence-corrected chi connectivity index (χ0v) is 27.3. The molecule has 1 aliphatic carbocycles. The van der Waals surface area contributed by atoms with E-state index >= 15 is 0 Å². The van der Waals surface area contributed by atoms with E-state index in [9.17, 15) is 18.0 Å². The molecule has 230 valence electrons. The molecule has 0 saturated heterocycles. The van der Waals surface area contributed by atoms with Crippen molar-refractivity contribution < 1.29 is 18.0 Å². The lowest BCUT2D eigenvalue weighted by Crippen LogP contribution is -2.54. The molecule has 3 aromatic carbocycles. The highest BCUT2D eigenvalue weighted by atomic mass is 35.5. The van der Waals surface area contributed by atoms with Gasteiger partial charge in [0.25, 0.3) is 10.0 Å². The summed E-state index contributed by atoms with van der Waals surface area (Å²) in [6.07, 6.45) is 5.32. The maximum atomic E-state index is 14.3. The Kier molecular flexibility index (Phi) is 11.4. The van der Waals surface area contributed by atoms with Crippen molar-refractivity contribution in [2.75, 3.05) is 10.8 Å². The Balaban J connectivity index is 1.73. The molecule has 1 N–H and O–H groups in total. The predicted octanol–water partition coefficient (Wildman–Crippen LogP) is 7.41. The van der Waals surface area contributed by atoms with Crippen molar-refractivity contribution in [3.63, 3.8) is 0 Å². The number of nitrogens with zero attached hydrogens (tertiary/aromatic N) is 2. The Morgan fingerprint density at radius 2 is 1.60 bits per heavy atom. The summed E-state index contributed by atoms with van der Waals surface area (Å²) >= 11 is 18.7. The zero-order chi connectivity index (χ0) is 31.1. The number of carbonyl (C=O) groups excluding carboxylic acids is 2. The summed E-state index contributed by atoms with van der Waals surface area (Å²) < 4.78 is 29.1. The van der Waals surface area contributed by atoms with Crippen molar-refractivity contribution in [2.24, 2.45) is 0 Å². The SMILES string of the molecule is CC[C@H](C(=O)NC1CCCCC1)N(Cc1ccc(Cl)cc1Cl)C(=O)CN(c1cccc(C)c1)S(=O)(=O)c1ccc(Cl)cc1. The summed E-state index contributed by atoms with van der Waals surface area (Å²) in [6, 6.07) is 16.9. The second-order valence-electron chi connectivity index (χ2n) is 10.8. The number of sulfonamides is 1. The molecule has 0 aliphatic heterocycles. The summed E-state index contributed by atoms with van der Waals surface area (Å²) in [5.41, 5.74) is 1.74. The second-order valence-corrected chi connectivity index (χ2v) is 14.0. The molecular formula is C32H36Cl3N3O4S. The van der Waals surface area contributed by atoms with Crippen LogP contribution in [-0.2, 0) is 26.2 Å². The molecule has 7 nitrogen and oxygen atoms in total. The van der Waals surface area contributed by atoms with Crippen molar-refractivity contribution >= 4 is 62.3 Å². The van der Waals surface area contributed by atoms with Gasteiger partial charge < -0.3 is 10.2 Å². The molecule has 11 heteroatoms. The van der Waals surface area contributed by atoms with Crippen LogP contribution in [0.3, 0.4) is 0 Å². The maximum Gasteiger partial charge on any atom is 0.264 e. The molecule has 1 saturated carbocycles. The summed E-state index contributed by atoms with van der Waals surface area (Å²) in [5.74, 6) is -0.814. The molecule has 2 amide bonds. The summed E-state index contributed by atoms with van der Waals surface area (Å²) in [6.45, 7) is 3.13. The molecule has 0 unspecified atom stereocenters. The molecule has 0 heterocycles. The molecule has 4 rings (SSSR count). The average molecular weight is 665 g/mol. The van der Waals surface area contributed by atoms with Crippen LogP contribution in [-0.4, -0.2) is 43.8 Å². The highest BCUT2D eigenvalue weighted by Gasteiger charge is 2.34. The monoisotopic (exact) mass is 663 g/mol. The number of halogens is 3.